The first-order valence-corrected chi connectivity index (χ1v) is 20.7. The molecule has 5 aromatic carbocycles. The molecule has 53 heavy (non-hydrogen) atoms. The summed E-state index contributed by atoms with van der Waals surface area (Å²) in [5, 5.41) is 0. The van der Waals surface area contributed by atoms with Crippen molar-refractivity contribution in [2.75, 3.05) is 4.90 Å². The van der Waals surface area contributed by atoms with Crippen LogP contribution in [-0.2, 0) is 21.7 Å². The van der Waals surface area contributed by atoms with Crippen LogP contribution in [0.3, 0.4) is 0 Å². The van der Waals surface area contributed by atoms with Crippen molar-refractivity contribution < 1.29 is 0 Å². The van der Waals surface area contributed by atoms with Gasteiger partial charge in [-0.1, -0.05) is 121 Å². The van der Waals surface area contributed by atoms with E-state index in [-0.39, 0.29) is 21.7 Å². The van der Waals surface area contributed by atoms with E-state index >= 15 is 0 Å². The Labute approximate surface area is 317 Å². The largest absolute Gasteiger partial charge is 0.310 e. The van der Waals surface area contributed by atoms with Crippen LogP contribution in [0, 0.1) is 29.1 Å². The minimum atomic E-state index is 0.108. The van der Waals surface area contributed by atoms with Crippen molar-refractivity contribution in [2.24, 2.45) is 29.1 Å². The number of rotatable bonds is 4. The highest BCUT2D eigenvalue weighted by Crippen LogP contribution is 2.89. The fourth-order valence-electron chi connectivity index (χ4n) is 13.7. The Morgan fingerprint density at radius 2 is 1.19 bits per heavy atom. The minimum Gasteiger partial charge on any atom is -0.310 e. The van der Waals surface area contributed by atoms with Crippen molar-refractivity contribution >= 4 is 17.1 Å². The summed E-state index contributed by atoms with van der Waals surface area (Å²) in [5.41, 5.74) is 18.4. The van der Waals surface area contributed by atoms with Crippen molar-refractivity contribution in [3.8, 4) is 22.3 Å². The zero-order valence-corrected chi connectivity index (χ0v) is 32.9. The molecule has 6 unspecified atom stereocenters. The Morgan fingerprint density at radius 1 is 0.566 bits per heavy atom. The molecule has 11 rings (SSSR count). The average molecular weight is 694 g/mol. The molecule has 0 N–H and O–H groups in total. The summed E-state index contributed by atoms with van der Waals surface area (Å²) in [5.74, 6) is 3.65. The van der Waals surface area contributed by atoms with Crippen LogP contribution in [0.1, 0.15) is 115 Å². The molecular weight excluding hydrogens is 639 g/mol. The van der Waals surface area contributed by atoms with Crippen LogP contribution >= 0.6 is 0 Å². The smallest absolute Gasteiger partial charge is 0.0464 e. The molecule has 6 aliphatic rings. The predicted octanol–water partition coefficient (Wildman–Crippen LogP) is 13.8. The van der Waals surface area contributed by atoms with Crippen LogP contribution < -0.4 is 4.90 Å². The highest BCUT2D eigenvalue weighted by molar-refractivity contribution is 5.94. The van der Waals surface area contributed by atoms with E-state index in [1.54, 1.807) is 11.1 Å². The van der Waals surface area contributed by atoms with Crippen LogP contribution in [0.15, 0.2) is 109 Å². The summed E-state index contributed by atoms with van der Waals surface area (Å²) >= 11 is 0. The molecule has 6 aliphatic carbocycles. The van der Waals surface area contributed by atoms with Gasteiger partial charge < -0.3 is 4.90 Å². The van der Waals surface area contributed by atoms with Crippen molar-refractivity contribution in [1.29, 1.82) is 0 Å². The highest BCUT2D eigenvalue weighted by atomic mass is 15.1. The van der Waals surface area contributed by atoms with E-state index in [2.05, 4.69) is 163 Å². The third-order valence-corrected chi connectivity index (χ3v) is 16.2. The van der Waals surface area contributed by atoms with Gasteiger partial charge in [0, 0.05) is 22.5 Å². The summed E-state index contributed by atoms with van der Waals surface area (Å²) in [6.07, 6.45) is 8.36. The molecule has 268 valence electrons. The lowest BCUT2D eigenvalue weighted by atomic mass is 9.27. The summed E-state index contributed by atoms with van der Waals surface area (Å²) < 4.78 is 0. The first kappa shape index (κ1) is 32.3. The normalized spacial score (nSPS) is 30.2. The summed E-state index contributed by atoms with van der Waals surface area (Å²) in [4.78, 5) is 2.49. The molecule has 0 aliphatic heterocycles. The van der Waals surface area contributed by atoms with Gasteiger partial charge in [0.1, 0.15) is 0 Å². The van der Waals surface area contributed by atoms with Gasteiger partial charge >= 0.3 is 0 Å². The van der Waals surface area contributed by atoms with Gasteiger partial charge in [-0.15, -0.1) is 0 Å². The lowest BCUT2D eigenvalue weighted by Gasteiger charge is -2.76. The number of hydrogen-bond donors (Lipinski definition) is 0. The van der Waals surface area contributed by atoms with E-state index < -0.39 is 0 Å². The first-order valence-electron chi connectivity index (χ1n) is 20.7. The average Bonchev–Trinajstić information content (AvgIpc) is 3.78. The monoisotopic (exact) mass is 693 g/mol. The van der Waals surface area contributed by atoms with Gasteiger partial charge in [-0.25, -0.2) is 0 Å². The fourth-order valence-corrected chi connectivity index (χ4v) is 13.7. The maximum Gasteiger partial charge on any atom is 0.0464 e. The van der Waals surface area contributed by atoms with Gasteiger partial charge in [0.2, 0.25) is 0 Å². The maximum atomic E-state index is 2.53. The van der Waals surface area contributed by atoms with Crippen molar-refractivity contribution in [3.05, 3.63) is 137 Å². The second-order valence-corrected chi connectivity index (χ2v) is 20.5. The van der Waals surface area contributed by atoms with E-state index in [9.17, 15) is 0 Å². The standard InChI is InChI=1S/C52H55N/c1-48(2,3)34-17-21-37(22-18-34)53(38-23-24-42-44(30-38)50(6,7)26-25-49(42,4)5)36-19-15-33(16-20-36)39-12-10-14-43-47(39)40-11-8-9-13-41(40)52(43)45-28-32-27-35-29-46(52)51(35,45)31-32/h8-24,30,32,35,45-46H,25-29,31H2,1-7H3. The molecule has 1 nitrogen and oxygen atoms in total. The Kier molecular flexibility index (Phi) is 6.31. The molecule has 2 spiro atoms. The molecular formula is C52H55N. The first-order chi connectivity index (χ1) is 25.3. The number of anilines is 3. The zero-order valence-electron chi connectivity index (χ0n) is 32.9. The van der Waals surface area contributed by atoms with Gasteiger partial charge in [0.15, 0.2) is 0 Å². The Hall–Kier alpha value is -4.10. The Bertz CT molecular complexity index is 2320. The van der Waals surface area contributed by atoms with Gasteiger partial charge in [0.05, 0.1) is 0 Å². The van der Waals surface area contributed by atoms with Crippen LogP contribution in [-0.4, -0.2) is 0 Å². The molecule has 4 saturated carbocycles. The molecule has 0 amide bonds. The predicted molar refractivity (Wildman–Crippen MR) is 222 cm³/mol. The molecule has 5 aromatic rings. The Morgan fingerprint density at radius 3 is 1.91 bits per heavy atom. The summed E-state index contributed by atoms with van der Waals surface area (Å²) in [6.45, 7) is 16.6. The van der Waals surface area contributed by atoms with E-state index in [4.69, 9.17) is 0 Å². The third-order valence-electron chi connectivity index (χ3n) is 16.2. The quantitative estimate of drug-likeness (QED) is 0.181. The SMILES string of the molecule is CC(C)(C)c1ccc(N(c2ccc(-c3cccc4c3-c3ccccc3C43C4CC5CC6CC3C64C5)cc2)c2ccc3c(c2)C(C)(C)CCC3(C)C)cc1. The maximum absolute atomic E-state index is 2.53. The molecule has 0 aromatic heterocycles. The number of nitrogens with zero attached hydrogens (tertiary/aromatic N) is 1. The van der Waals surface area contributed by atoms with Crippen LogP contribution in [0.4, 0.5) is 17.1 Å². The third kappa shape index (κ3) is 4.05. The molecule has 1 heteroatoms. The summed E-state index contributed by atoms with van der Waals surface area (Å²) in [6, 6.07) is 43.1. The topological polar surface area (TPSA) is 3.24 Å². The second kappa shape index (κ2) is 10.3. The fraction of sp³-hybridized carbons (Fsp3) is 0.423. The number of benzene rings is 5. The van der Waals surface area contributed by atoms with E-state index in [0.29, 0.717) is 5.41 Å². The Balaban J connectivity index is 1.02. The van der Waals surface area contributed by atoms with Gasteiger partial charge in [-0.3, -0.25) is 0 Å². The molecule has 2 bridgehead atoms. The van der Waals surface area contributed by atoms with E-state index in [1.807, 2.05) is 0 Å². The lowest BCUT2D eigenvalue weighted by Crippen LogP contribution is -2.73. The number of fused-ring (bicyclic) bond motifs is 9. The van der Waals surface area contributed by atoms with Gasteiger partial charge in [0.25, 0.3) is 0 Å². The van der Waals surface area contributed by atoms with Crippen LogP contribution in [0.2, 0.25) is 0 Å². The summed E-state index contributed by atoms with van der Waals surface area (Å²) in [7, 11) is 0. The lowest BCUT2D eigenvalue weighted by molar-refractivity contribution is -0.231. The van der Waals surface area contributed by atoms with Gasteiger partial charge in [-0.2, -0.15) is 0 Å². The molecule has 0 saturated heterocycles. The molecule has 4 fully saturated rings. The minimum absolute atomic E-state index is 0.108. The van der Waals surface area contributed by atoms with Crippen LogP contribution in [0.5, 0.6) is 0 Å². The second-order valence-electron chi connectivity index (χ2n) is 20.5. The highest BCUT2D eigenvalue weighted by Gasteiger charge is 2.84. The van der Waals surface area contributed by atoms with E-state index in [1.165, 1.54) is 94.5 Å². The van der Waals surface area contributed by atoms with Crippen molar-refractivity contribution in [3.63, 3.8) is 0 Å². The van der Waals surface area contributed by atoms with Crippen molar-refractivity contribution in [2.45, 2.75) is 109 Å². The van der Waals surface area contributed by atoms with Gasteiger partial charge in [-0.05, 0) is 170 Å². The number of hydrogen-bond acceptors (Lipinski definition) is 1. The molecule has 0 radical (unpaired) electrons. The molecule has 6 atom stereocenters. The molecule has 0 heterocycles. The zero-order chi connectivity index (χ0) is 36.3. The van der Waals surface area contributed by atoms with Crippen LogP contribution in [0.25, 0.3) is 22.3 Å². The van der Waals surface area contributed by atoms with E-state index in [0.717, 1.165) is 23.7 Å². The van der Waals surface area contributed by atoms with Crippen molar-refractivity contribution in [1.82, 2.24) is 0 Å².